The number of nitrogens with zero attached hydrogens (tertiary/aromatic N) is 1. The van der Waals surface area contributed by atoms with Crippen molar-refractivity contribution in [2.24, 2.45) is 0 Å². The van der Waals surface area contributed by atoms with Crippen LogP contribution in [0.2, 0.25) is 0 Å². The molecule has 1 aliphatic rings. The number of ether oxygens (including phenoxy) is 1. The molecule has 1 aliphatic carbocycles. The monoisotopic (exact) mass is 428 g/mol. The number of nitrogens with one attached hydrogen (secondary N) is 1. The summed E-state index contributed by atoms with van der Waals surface area (Å²) in [5.41, 5.74) is -6.87. The Labute approximate surface area is 164 Å². The summed E-state index contributed by atoms with van der Waals surface area (Å²) in [4.78, 5) is 23.1. The lowest BCUT2D eigenvalue weighted by molar-refractivity contribution is -0.140. The minimum absolute atomic E-state index is 0.179. The topological polar surface area (TPSA) is 113 Å². The first-order valence-electron chi connectivity index (χ1n) is 8.08. The standard InChI is InChI=1S/C18H15F3N2O5S/c1-17(10-22,11-28-16(25)13-4-2-3-5-13)23-15(24)12-6-8-14(9-7-12)29(26,27)18(19,20)21/h2-4,6-9H,5,11H2,1H3,(H,23,24). The minimum Gasteiger partial charge on any atom is -0.459 e. The molecule has 1 unspecified atom stereocenters. The van der Waals surface area contributed by atoms with Gasteiger partial charge in [-0.15, -0.1) is 0 Å². The molecule has 0 aliphatic heterocycles. The average Bonchev–Trinajstić information content (AvgIpc) is 3.20. The van der Waals surface area contributed by atoms with E-state index in [1.165, 1.54) is 6.92 Å². The third-order valence-corrected chi connectivity index (χ3v) is 5.40. The van der Waals surface area contributed by atoms with E-state index in [0.29, 0.717) is 24.1 Å². The van der Waals surface area contributed by atoms with Crippen LogP contribution in [-0.4, -0.2) is 37.9 Å². The van der Waals surface area contributed by atoms with Crippen LogP contribution in [0.15, 0.2) is 53.0 Å². The summed E-state index contributed by atoms with van der Waals surface area (Å²) in [6.07, 6.45) is 5.36. The average molecular weight is 428 g/mol. The van der Waals surface area contributed by atoms with Crippen molar-refractivity contribution >= 4 is 21.7 Å². The van der Waals surface area contributed by atoms with Gasteiger partial charge in [0.15, 0.2) is 5.54 Å². The highest BCUT2D eigenvalue weighted by atomic mass is 32.2. The molecule has 2 rings (SSSR count). The highest BCUT2D eigenvalue weighted by Gasteiger charge is 2.46. The first kappa shape index (κ1) is 22.2. The predicted octanol–water partition coefficient (Wildman–Crippen LogP) is 2.42. The fourth-order valence-electron chi connectivity index (χ4n) is 2.24. The van der Waals surface area contributed by atoms with Gasteiger partial charge in [0.25, 0.3) is 15.7 Å². The van der Waals surface area contributed by atoms with Crippen LogP contribution in [0.25, 0.3) is 0 Å². The van der Waals surface area contributed by atoms with Crippen molar-refractivity contribution in [3.8, 4) is 6.07 Å². The molecule has 0 bridgehead atoms. The fraction of sp³-hybridized carbons (Fsp3) is 0.278. The molecule has 1 atom stereocenters. The van der Waals surface area contributed by atoms with Crippen molar-refractivity contribution in [3.05, 3.63) is 53.6 Å². The summed E-state index contributed by atoms with van der Waals surface area (Å²) in [5, 5.41) is 11.6. The molecule has 1 aromatic rings. The molecule has 0 spiro atoms. The van der Waals surface area contributed by atoms with Crippen LogP contribution < -0.4 is 5.32 Å². The van der Waals surface area contributed by atoms with Crippen LogP contribution in [0.3, 0.4) is 0 Å². The van der Waals surface area contributed by atoms with E-state index in [1.807, 2.05) is 0 Å². The number of amides is 1. The van der Waals surface area contributed by atoms with Crippen molar-refractivity contribution in [1.29, 1.82) is 5.26 Å². The van der Waals surface area contributed by atoms with E-state index in [0.717, 1.165) is 12.1 Å². The van der Waals surface area contributed by atoms with Crippen LogP contribution in [-0.2, 0) is 19.4 Å². The Morgan fingerprint density at radius 1 is 1.24 bits per heavy atom. The van der Waals surface area contributed by atoms with E-state index < -0.39 is 44.3 Å². The lowest BCUT2D eigenvalue weighted by atomic mass is 10.1. The fourth-order valence-corrected chi connectivity index (χ4v) is 3.00. The van der Waals surface area contributed by atoms with Gasteiger partial charge in [0.1, 0.15) is 6.61 Å². The van der Waals surface area contributed by atoms with E-state index >= 15 is 0 Å². The van der Waals surface area contributed by atoms with Crippen LogP contribution in [0.5, 0.6) is 0 Å². The van der Waals surface area contributed by atoms with Crippen LogP contribution in [0.4, 0.5) is 13.2 Å². The van der Waals surface area contributed by atoms with Gasteiger partial charge in [0, 0.05) is 11.1 Å². The molecule has 0 fully saturated rings. The molecular formula is C18H15F3N2O5S. The molecule has 1 N–H and O–H groups in total. The Morgan fingerprint density at radius 3 is 2.34 bits per heavy atom. The Bertz CT molecular complexity index is 1020. The number of alkyl halides is 3. The summed E-state index contributed by atoms with van der Waals surface area (Å²) in [7, 11) is -5.54. The van der Waals surface area contributed by atoms with Crippen molar-refractivity contribution in [2.75, 3.05) is 6.61 Å². The zero-order chi connectivity index (χ0) is 21.9. The number of hydrogen-bond acceptors (Lipinski definition) is 6. The SMILES string of the molecule is CC(C#N)(COC(=O)C1=CC=CC1)NC(=O)c1ccc(S(=O)(=O)C(F)(F)F)cc1. The van der Waals surface area contributed by atoms with E-state index in [2.05, 4.69) is 5.32 Å². The van der Waals surface area contributed by atoms with Crippen molar-refractivity contribution in [2.45, 2.75) is 29.3 Å². The maximum atomic E-state index is 12.6. The summed E-state index contributed by atoms with van der Waals surface area (Å²) in [6.45, 7) is 0.827. The number of esters is 1. The summed E-state index contributed by atoms with van der Waals surface area (Å²) in [5.74, 6) is -1.50. The van der Waals surface area contributed by atoms with Gasteiger partial charge in [-0.3, -0.25) is 4.79 Å². The molecule has 0 saturated carbocycles. The number of rotatable bonds is 6. The van der Waals surface area contributed by atoms with Crippen molar-refractivity contribution < 1.29 is 35.9 Å². The van der Waals surface area contributed by atoms with E-state index in [-0.39, 0.29) is 5.56 Å². The van der Waals surface area contributed by atoms with E-state index in [9.17, 15) is 36.4 Å². The van der Waals surface area contributed by atoms with Gasteiger partial charge in [-0.25, -0.2) is 13.2 Å². The third-order valence-electron chi connectivity index (χ3n) is 3.89. The molecular weight excluding hydrogens is 413 g/mol. The van der Waals surface area contributed by atoms with E-state index in [4.69, 9.17) is 4.74 Å². The van der Waals surface area contributed by atoms with Gasteiger partial charge in [-0.1, -0.05) is 18.2 Å². The van der Waals surface area contributed by atoms with Crippen LogP contribution in [0.1, 0.15) is 23.7 Å². The molecule has 0 radical (unpaired) electrons. The number of benzene rings is 1. The minimum atomic E-state index is -5.54. The summed E-state index contributed by atoms with van der Waals surface area (Å²) >= 11 is 0. The Hall–Kier alpha value is -3.13. The summed E-state index contributed by atoms with van der Waals surface area (Å²) in [6, 6.07) is 4.83. The number of allylic oxidation sites excluding steroid dienone is 3. The highest BCUT2D eigenvalue weighted by Crippen LogP contribution is 2.30. The number of hydrogen-bond donors (Lipinski definition) is 1. The molecule has 1 amide bonds. The quantitative estimate of drug-likeness (QED) is 0.697. The molecule has 0 heterocycles. The molecule has 0 aromatic heterocycles. The van der Waals surface area contributed by atoms with Gasteiger partial charge in [-0.05, 0) is 37.6 Å². The first-order chi connectivity index (χ1) is 13.4. The Balaban J connectivity index is 2.07. The van der Waals surface area contributed by atoms with Gasteiger partial charge in [-0.2, -0.15) is 18.4 Å². The third kappa shape index (κ3) is 5.03. The second-order valence-electron chi connectivity index (χ2n) is 6.27. The normalized spacial score (nSPS) is 15.8. The molecule has 7 nitrogen and oxygen atoms in total. The highest BCUT2D eigenvalue weighted by molar-refractivity contribution is 7.92. The Morgan fingerprint density at radius 2 is 1.86 bits per heavy atom. The number of carbonyl (C=O) groups is 2. The smallest absolute Gasteiger partial charge is 0.459 e. The van der Waals surface area contributed by atoms with E-state index in [1.54, 1.807) is 24.3 Å². The zero-order valence-corrected chi connectivity index (χ0v) is 15.8. The first-order valence-corrected chi connectivity index (χ1v) is 9.56. The number of carbonyl (C=O) groups excluding carboxylic acids is 2. The maximum absolute atomic E-state index is 12.6. The van der Waals surface area contributed by atoms with Gasteiger partial charge >= 0.3 is 11.5 Å². The molecule has 0 saturated heterocycles. The second-order valence-corrected chi connectivity index (χ2v) is 8.21. The van der Waals surface area contributed by atoms with Crippen molar-refractivity contribution in [3.63, 3.8) is 0 Å². The number of halogens is 3. The zero-order valence-electron chi connectivity index (χ0n) is 15.0. The van der Waals surface area contributed by atoms with Crippen LogP contribution in [0, 0.1) is 11.3 Å². The summed E-state index contributed by atoms with van der Waals surface area (Å²) < 4.78 is 65.4. The van der Waals surface area contributed by atoms with Crippen molar-refractivity contribution in [1.82, 2.24) is 5.32 Å². The molecule has 29 heavy (non-hydrogen) atoms. The van der Waals surface area contributed by atoms with Gasteiger partial charge in [0.2, 0.25) is 0 Å². The molecule has 154 valence electrons. The predicted molar refractivity (Wildman–Crippen MR) is 94.0 cm³/mol. The molecule has 11 heteroatoms. The Kier molecular flexibility index (Phi) is 6.18. The maximum Gasteiger partial charge on any atom is 0.501 e. The van der Waals surface area contributed by atoms with Gasteiger partial charge in [0.05, 0.1) is 11.0 Å². The number of nitriles is 1. The molecule has 1 aromatic carbocycles. The lowest BCUT2D eigenvalue weighted by Crippen LogP contribution is -2.48. The lowest BCUT2D eigenvalue weighted by Gasteiger charge is -2.23. The number of sulfone groups is 1. The van der Waals surface area contributed by atoms with Crippen LogP contribution >= 0.6 is 0 Å². The second kappa shape index (κ2) is 8.08. The largest absolute Gasteiger partial charge is 0.501 e. The van der Waals surface area contributed by atoms with Gasteiger partial charge < -0.3 is 10.1 Å².